The van der Waals surface area contributed by atoms with Gasteiger partial charge in [-0.1, -0.05) is 51.0 Å². The van der Waals surface area contributed by atoms with Crippen LogP contribution in [0.4, 0.5) is 5.82 Å². The Hall–Kier alpha value is -2.11. The minimum atomic E-state index is -0.583. The molecule has 164 valence electrons. The second kappa shape index (κ2) is 9.36. The van der Waals surface area contributed by atoms with Gasteiger partial charge in [-0.15, -0.1) is 0 Å². The zero-order valence-corrected chi connectivity index (χ0v) is 18.3. The van der Waals surface area contributed by atoms with Gasteiger partial charge in [0.2, 0.25) is 0 Å². The van der Waals surface area contributed by atoms with E-state index in [1.807, 2.05) is 24.4 Å². The average Bonchev–Trinajstić information content (AvgIpc) is 2.98. The average molecular weight is 412 g/mol. The quantitative estimate of drug-likeness (QED) is 0.615. The fourth-order valence-corrected chi connectivity index (χ4v) is 5.88. The molecule has 1 aliphatic heterocycles. The smallest absolute Gasteiger partial charge is 0.254 e. The summed E-state index contributed by atoms with van der Waals surface area (Å²) in [6.45, 7) is 0. The Kier molecular flexibility index (Phi) is 6.59. The molecular weight excluding hydrogens is 374 g/mol. The van der Waals surface area contributed by atoms with Crippen LogP contribution in [0.15, 0.2) is 24.4 Å². The number of nitrogens with zero attached hydrogens (tertiary/aromatic N) is 2. The van der Waals surface area contributed by atoms with Crippen molar-refractivity contribution in [2.75, 3.05) is 12.4 Å². The van der Waals surface area contributed by atoms with Gasteiger partial charge in [-0.2, -0.15) is 0 Å². The summed E-state index contributed by atoms with van der Waals surface area (Å²) in [6.07, 6.45) is 15.8. The Morgan fingerprint density at radius 3 is 2.67 bits per heavy atom. The third-order valence-corrected chi connectivity index (χ3v) is 7.55. The Labute approximate surface area is 180 Å². The summed E-state index contributed by atoms with van der Waals surface area (Å²) >= 11 is 0. The van der Waals surface area contributed by atoms with Crippen molar-refractivity contribution in [2.24, 2.45) is 11.8 Å². The largest absolute Gasteiger partial charge is 0.367 e. The Morgan fingerprint density at radius 1 is 1.17 bits per heavy atom. The van der Waals surface area contributed by atoms with Crippen LogP contribution in [-0.4, -0.2) is 40.4 Å². The number of aromatic nitrogens is 1. The molecule has 4 rings (SSSR count). The second-order valence-electron chi connectivity index (χ2n) is 9.76. The van der Waals surface area contributed by atoms with Crippen molar-refractivity contribution in [3.63, 3.8) is 0 Å². The van der Waals surface area contributed by atoms with Gasteiger partial charge in [0.05, 0.1) is 0 Å². The Morgan fingerprint density at radius 2 is 1.97 bits per heavy atom. The maximum Gasteiger partial charge on any atom is 0.254 e. The molecule has 1 saturated heterocycles. The van der Waals surface area contributed by atoms with Crippen molar-refractivity contribution >= 4 is 17.7 Å². The van der Waals surface area contributed by atoms with Gasteiger partial charge in [0.1, 0.15) is 11.4 Å². The number of carbonyl (C=O) groups excluding carboxylic acids is 1. The molecule has 2 aliphatic carbocycles. The number of hydrogen-bond acceptors (Lipinski definition) is 4. The van der Waals surface area contributed by atoms with Crippen molar-refractivity contribution < 1.29 is 4.79 Å². The van der Waals surface area contributed by atoms with E-state index in [1.54, 1.807) is 7.05 Å². The lowest BCUT2D eigenvalue weighted by Gasteiger charge is -2.37. The minimum absolute atomic E-state index is 0.100. The van der Waals surface area contributed by atoms with Gasteiger partial charge in [0, 0.05) is 19.3 Å². The summed E-state index contributed by atoms with van der Waals surface area (Å²) < 4.78 is 0. The molecule has 1 amide bonds. The normalized spacial score (nSPS) is 30.4. The van der Waals surface area contributed by atoms with Crippen molar-refractivity contribution in [3.05, 3.63) is 24.4 Å². The van der Waals surface area contributed by atoms with E-state index in [1.165, 1.54) is 43.4 Å². The van der Waals surface area contributed by atoms with E-state index < -0.39 is 5.54 Å². The molecule has 3 atom stereocenters. The summed E-state index contributed by atoms with van der Waals surface area (Å²) in [5.41, 5.74) is -0.583. The highest BCUT2D eigenvalue weighted by molar-refractivity contribution is 6.07. The van der Waals surface area contributed by atoms with Crippen LogP contribution in [0.5, 0.6) is 0 Å². The summed E-state index contributed by atoms with van der Waals surface area (Å²) in [5, 5.41) is 15.2. The molecule has 2 heterocycles. The molecule has 0 unspecified atom stereocenters. The number of anilines is 1. The number of likely N-dealkylation sites (N-methyl/N-ethyl adjacent to an activating group) is 1. The van der Waals surface area contributed by atoms with E-state index in [9.17, 15) is 4.79 Å². The first-order valence-corrected chi connectivity index (χ1v) is 11.9. The lowest BCUT2D eigenvalue weighted by molar-refractivity contribution is -0.131. The highest BCUT2D eigenvalue weighted by Crippen LogP contribution is 2.38. The molecule has 1 aromatic heterocycles. The number of nitrogens with one attached hydrogen (secondary N) is 3. The number of pyridine rings is 1. The molecule has 6 nitrogen and oxygen atoms in total. The maximum atomic E-state index is 13.3. The molecule has 3 aliphatic rings. The Balaban J connectivity index is 1.41. The first-order chi connectivity index (χ1) is 14.6. The van der Waals surface area contributed by atoms with Crippen molar-refractivity contribution in [3.8, 4) is 0 Å². The monoisotopic (exact) mass is 411 g/mol. The van der Waals surface area contributed by atoms with E-state index in [0.717, 1.165) is 50.3 Å². The molecule has 3 N–H and O–H groups in total. The van der Waals surface area contributed by atoms with Crippen LogP contribution in [0.25, 0.3) is 0 Å². The number of guanidine groups is 1. The standard InChI is InChI=1S/C24H37N5O/c1-29-22(30)24(28-23(29)25,14-13-18-8-3-2-4-9-18)17-19-10-7-11-20(16-19)27-21-12-5-6-15-26-21/h5-6,12,15,18-20H,2-4,7-11,13-14,16-17H2,1H3,(H2,25,28)(H,26,27)/t19-,20+,24+/m0/s1. The van der Waals surface area contributed by atoms with Crippen molar-refractivity contribution in [2.45, 2.75) is 88.6 Å². The third-order valence-electron chi connectivity index (χ3n) is 7.55. The molecule has 2 saturated carbocycles. The highest BCUT2D eigenvalue weighted by atomic mass is 16.2. The molecule has 30 heavy (non-hydrogen) atoms. The van der Waals surface area contributed by atoms with Gasteiger partial charge in [-0.05, 0) is 56.1 Å². The van der Waals surface area contributed by atoms with Crippen LogP contribution in [0.1, 0.15) is 77.0 Å². The fourth-order valence-electron chi connectivity index (χ4n) is 5.88. The van der Waals surface area contributed by atoms with E-state index in [4.69, 9.17) is 5.41 Å². The third kappa shape index (κ3) is 4.79. The second-order valence-corrected chi connectivity index (χ2v) is 9.76. The molecule has 0 radical (unpaired) electrons. The predicted molar refractivity (Wildman–Crippen MR) is 120 cm³/mol. The molecule has 0 spiro atoms. The maximum absolute atomic E-state index is 13.3. The van der Waals surface area contributed by atoms with Gasteiger partial charge >= 0.3 is 0 Å². The van der Waals surface area contributed by atoms with Gasteiger partial charge < -0.3 is 10.6 Å². The van der Waals surface area contributed by atoms with E-state index in [0.29, 0.717) is 12.0 Å². The molecule has 3 fully saturated rings. The highest BCUT2D eigenvalue weighted by Gasteiger charge is 2.49. The van der Waals surface area contributed by atoms with Gasteiger partial charge in [-0.3, -0.25) is 15.1 Å². The zero-order chi connectivity index (χ0) is 21.0. The summed E-state index contributed by atoms with van der Waals surface area (Å²) in [5.74, 6) is 2.54. The first-order valence-electron chi connectivity index (χ1n) is 11.9. The van der Waals surface area contributed by atoms with Gasteiger partial charge in [0.25, 0.3) is 5.91 Å². The molecular formula is C24H37N5O. The van der Waals surface area contributed by atoms with E-state index in [-0.39, 0.29) is 11.9 Å². The van der Waals surface area contributed by atoms with Crippen molar-refractivity contribution in [1.82, 2.24) is 15.2 Å². The van der Waals surface area contributed by atoms with Crippen LogP contribution in [0.3, 0.4) is 0 Å². The van der Waals surface area contributed by atoms with Gasteiger partial charge in [-0.25, -0.2) is 4.98 Å². The van der Waals surface area contributed by atoms with Crippen LogP contribution in [0, 0.1) is 17.2 Å². The molecule has 1 aromatic rings. The Bertz CT molecular complexity index is 732. The van der Waals surface area contributed by atoms with E-state index in [2.05, 4.69) is 15.6 Å². The topological polar surface area (TPSA) is 81.1 Å². The lowest BCUT2D eigenvalue weighted by atomic mass is 9.74. The van der Waals surface area contributed by atoms with Crippen LogP contribution < -0.4 is 10.6 Å². The minimum Gasteiger partial charge on any atom is -0.367 e. The van der Waals surface area contributed by atoms with Gasteiger partial charge in [0.15, 0.2) is 5.96 Å². The summed E-state index contributed by atoms with van der Waals surface area (Å²) in [6, 6.07) is 6.38. The fraction of sp³-hybridized carbons (Fsp3) is 0.708. The predicted octanol–water partition coefficient (Wildman–Crippen LogP) is 4.54. The number of hydrogen-bond donors (Lipinski definition) is 3. The summed E-state index contributed by atoms with van der Waals surface area (Å²) in [7, 11) is 1.74. The van der Waals surface area contributed by atoms with Crippen LogP contribution >= 0.6 is 0 Å². The summed E-state index contributed by atoms with van der Waals surface area (Å²) in [4.78, 5) is 19.2. The van der Waals surface area contributed by atoms with Crippen LogP contribution in [-0.2, 0) is 4.79 Å². The lowest BCUT2D eigenvalue weighted by Crippen LogP contribution is -2.49. The number of amides is 1. The first kappa shape index (κ1) is 21.1. The zero-order valence-electron chi connectivity index (χ0n) is 18.3. The number of carbonyl (C=O) groups is 1. The molecule has 0 aromatic carbocycles. The molecule has 6 heteroatoms. The number of rotatable bonds is 7. The van der Waals surface area contributed by atoms with E-state index >= 15 is 0 Å². The van der Waals surface area contributed by atoms with Crippen LogP contribution in [0.2, 0.25) is 0 Å². The molecule has 0 bridgehead atoms. The van der Waals surface area contributed by atoms with Crippen molar-refractivity contribution in [1.29, 1.82) is 5.41 Å². The SMILES string of the molecule is CN1C(=N)N[C@](CCC2CCCCC2)(C[C@H]2CCC[C@@H](Nc3ccccn3)C2)C1=O.